The molecule has 25 heavy (non-hydrogen) atoms. The fraction of sp³-hybridized carbons (Fsp3) is 0.412. The van der Waals surface area contributed by atoms with E-state index in [9.17, 15) is 4.79 Å². The van der Waals surface area contributed by atoms with Crippen molar-refractivity contribution in [3.05, 3.63) is 30.4 Å². The van der Waals surface area contributed by atoms with Gasteiger partial charge in [0.15, 0.2) is 11.5 Å². The van der Waals surface area contributed by atoms with Gasteiger partial charge >= 0.3 is 0 Å². The van der Waals surface area contributed by atoms with E-state index in [2.05, 4.69) is 15.5 Å². The molecule has 0 unspecified atom stereocenters. The van der Waals surface area contributed by atoms with Gasteiger partial charge in [-0.25, -0.2) is 0 Å². The van der Waals surface area contributed by atoms with Crippen LogP contribution in [0.25, 0.3) is 0 Å². The molecule has 1 amide bonds. The number of rotatable bonds is 3. The normalized spacial score (nSPS) is 17.2. The zero-order valence-electron chi connectivity index (χ0n) is 13.6. The number of nitrogens with one attached hydrogen (secondary N) is 1. The average molecular weight is 339 g/mol. The molecule has 1 spiro atoms. The van der Waals surface area contributed by atoms with E-state index in [1.165, 1.54) is 17.3 Å². The van der Waals surface area contributed by atoms with E-state index in [1.54, 1.807) is 12.1 Å². The molecule has 0 atom stereocenters. The lowest BCUT2D eigenvalue weighted by Crippen LogP contribution is -2.40. The Balaban J connectivity index is 1.44. The first-order valence-electron chi connectivity index (χ1n) is 8.27. The number of hydrogen-bond donors (Lipinski definition) is 1. The van der Waals surface area contributed by atoms with E-state index in [1.807, 2.05) is 12.1 Å². The highest BCUT2D eigenvalue weighted by Crippen LogP contribution is 2.46. The molecule has 128 valence electrons. The summed E-state index contributed by atoms with van der Waals surface area (Å²) in [7, 11) is 0. The summed E-state index contributed by atoms with van der Waals surface area (Å²) in [6.07, 6.45) is 6.52. The molecule has 0 radical (unpaired) electrons. The average Bonchev–Trinajstić information content (AvgIpc) is 3.18. The third kappa shape index (κ3) is 3.01. The monoisotopic (exact) mass is 339 g/mol. The van der Waals surface area contributed by atoms with Crippen molar-refractivity contribution in [1.29, 1.82) is 5.26 Å². The van der Waals surface area contributed by atoms with Gasteiger partial charge in [-0.2, -0.15) is 5.26 Å². The van der Waals surface area contributed by atoms with Gasteiger partial charge < -0.3 is 14.8 Å². The van der Waals surface area contributed by atoms with E-state index in [-0.39, 0.29) is 18.3 Å². The van der Waals surface area contributed by atoms with Gasteiger partial charge in [0.05, 0.1) is 0 Å². The van der Waals surface area contributed by atoms with Crippen LogP contribution in [0, 0.1) is 11.3 Å². The van der Waals surface area contributed by atoms with Crippen LogP contribution in [0.3, 0.4) is 0 Å². The number of benzene rings is 1. The number of amides is 1. The molecule has 2 heterocycles. The largest absolute Gasteiger partial charge is 0.448 e. The topological polar surface area (TPSA) is 102 Å². The standard InChI is InChI=1S/C17H17N5O3/c18-9-15-21-19-11-22(15)10-16(23)20-12-4-5-13-14(8-12)25-17(24-13)6-2-1-3-7-17/h4-5,8,11H,1-3,6-7,10H2,(H,20,23). The number of ether oxygens (including phenoxy) is 2. The fourth-order valence-electron chi connectivity index (χ4n) is 3.28. The Morgan fingerprint density at radius 2 is 2.08 bits per heavy atom. The molecule has 0 bridgehead atoms. The van der Waals surface area contributed by atoms with Crippen LogP contribution in [-0.2, 0) is 11.3 Å². The maximum absolute atomic E-state index is 12.2. The Morgan fingerprint density at radius 3 is 2.88 bits per heavy atom. The molecule has 0 saturated heterocycles. The predicted molar refractivity (Wildman–Crippen MR) is 86.9 cm³/mol. The van der Waals surface area contributed by atoms with E-state index < -0.39 is 5.79 Å². The smallest absolute Gasteiger partial charge is 0.251 e. The van der Waals surface area contributed by atoms with Crippen LogP contribution in [0.5, 0.6) is 11.5 Å². The van der Waals surface area contributed by atoms with Gasteiger partial charge in [0.25, 0.3) is 5.79 Å². The van der Waals surface area contributed by atoms with Crippen molar-refractivity contribution in [2.24, 2.45) is 0 Å². The van der Waals surface area contributed by atoms with Crippen molar-refractivity contribution in [3.8, 4) is 17.6 Å². The number of nitrogens with zero attached hydrogens (tertiary/aromatic N) is 4. The summed E-state index contributed by atoms with van der Waals surface area (Å²) in [5, 5.41) is 18.9. The minimum atomic E-state index is -0.534. The van der Waals surface area contributed by atoms with Crippen LogP contribution in [0.1, 0.15) is 37.9 Å². The van der Waals surface area contributed by atoms with Gasteiger partial charge in [0, 0.05) is 24.6 Å². The highest BCUT2D eigenvalue weighted by Gasteiger charge is 2.42. The van der Waals surface area contributed by atoms with Crippen molar-refractivity contribution in [2.45, 2.75) is 44.4 Å². The Hall–Kier alpha value is -3.08. The van der Waals surface area contributed by atoms with Crippen molar-refractivity contribution in [1.82, 2.24) is 14.8 Å². The van der Waals surface area contributed by atoms with Crippen molar-refractivity contribution >= 4 is 11.6 Å². The maximum Gasteiger partial charge on any atom is 0.251 e. The molecule has 8 heteroatoms. The summed E-state index contributed by atoms with van der Waals surface area (Å²) >= 11 is 0. The molecule has 1 N–H and O–H groups in total. The summed E-state index contributed by atoms with van der Waals surface area (Å²) in [4.78, 5) is 12.2. The van der Waals surface area contributed by atoms with Crippen LogP contribution < -0.4 is 14.8 Å². The van der Waals surface area contributed by atoms with Crippen LogP contribution in [0.4, 0.5) is 5.69 Å². The molecule has 1 aromatic carbocycles. The van der Waals surface area contributed by atoms with Gasteiger partial charge in [0.1, 0.15) is 18.9 Å². The summed E-state index contributed by atoms with van der Waals surface area (Å²) in [5.74, 6) is 0.655. The highest BCUT2D eigenvalue weighted by molar-refractivity contribution is 5.91. The summed E-state index contributed by atoms with van der Waals surface area (Å²) in [6.45, 7) is -0.0335. The van der Waals surface area contributed by atoms with Gasteiger partial charge in [-0.1, -0.05) is 6.42 Å². The molecule has 1 aliphatic carbocycles. The molecule has 1 aliphatic heterocycles. The van der Waals surface area contributed by atoms with Crippen molar-refractivity contribution in [3.63, 3.8) is 0 Å². The summed E-state index contributed by atoms with van der Waals surface area (Å²) in [5.41, 5.74) is 0.617. The van der Waals surface area contributed by atoms with E-state index in [0.29, 0.717) is 17.2 Å². The molecule has 2 aliphatic rings. The molecular weight excluding hydrogens is 322 g/mol. The van der Waals surface area contributed by atoms with Crippen LogP contribution in [0.2, 0.25) is 0 Å². The zero-order chi connectivity index (χ0) is 17.3. The maximum atomic E-state index is 12.2. The minimum absolute atomic E-state index is 0.0335. The number of carbonyl (C=O) groups excluding carboxylic acids is 1. The number of fused-ring (bicyclic) bond motifs is 1. The first kappa shape index (κ1) is 15.4. The first-order chi connectivity index (χ1) is 12.2. The van der Waals surface area contributed by atoms with E-state index in [0.717, 1.165) is 25.7 Å². The third-order valence-corrected chi connectivity index (χ3v) is 4.46. The van der Waals surface area contributed by atoms with Gasteiger partial charge in [-0.3, -0.25) is 9.36 Å². The molecule has 8 nitrogen and oxygen atoms in total. The summed E-state index contributed by atoms with van der Waals surface area (Å²) in [6, 6.07) is 7.25. The SMILES string of the molecule is N#Cc1nncn1CC(=O)Nc1ccc2c(c1)OC1(CCCCC1)O2. The Labute approximate surface area is 144 Å². The lowest BCUT2D eigenvalue weighted by Gasteiger charge is -2.31. The second kappa shape index (κ2) is 6.09. The second-order valence-electron chi connectivity index (χ2n) is 6.28. The number of aromatic nitrogens is 3. The summed E-state index contributed by atoms with van der Waals surface area (Å²) < 4.78 is 13.5. The number of carbonyl (C=O) groups is 1. The second-order valence-corrected chi connectivity index (χ2v) is 6.28. The lowest BCUT2D eigenvalue weighted by atomic mass is 9.94. The third-order valence-electron chi connectivity index (χ3n) is 4.46. The fourth-order valence-corrected chi connectivity index (χ4v) is 3.28. The molecule has 2 aromatic rings. The first-order valence-corrected chi connectivity index (χ1v) is 8.27. The molecule has 1 saturated carbocycles. The Morgan fingerprint density at radius 1 is 1.28 bits per heavy atom. The van der Waals surface area contributed by atoms with Gasteiger partial charge in [0.2, 0.25) is 11.7 Å². The number of nitriles is 1. The minimum Gasteiger partial charge on any atom is -0.448 e. The molecular formula is C17H17N5O3. The van der Waals surface area contributed by atoms with E-state index >= 15 is 0 Å². The highest BCUT2D eigenvalue weighted by atomic mass is 16.7. The van der Waals surface area contributed by atoms with Gasteiger partial charge in [-0.05, 0) is 25.0 Å². The van der Waals surface area contributed by atoms with Crippen LogP contribution >= 0.6 is 0 Å². The van der Waals surface area contributed by atoms with Gasteiger partial charge in [-0.15, -0.1) is 10.2 Å². The zero-order valence-corrected chi connectivity index (χ0v) is 13.6. The molecule has 4 rings (SSSR count). The molecule has 1 fully saturated rings. The number of hydrogen-bond acceptors (Lipinski definition) is 6. The van der Waals surface area contributed by atoms with E-state index in [4.69, 9.17) is 14.7 Å². The van der Waals surface area contributed by atoms with Crippen LogP contribution in [0.15, 0.2) is 24.5 Å². The van der Waals surface area contributed by atoms with Crippen molar-refractivity contribution < 1.29 is 14.3 Å². The quantitative estimate of drug-likeness (QED) is 0.920. The predicted octanol–water partition coefficient (Wildman–Crippen LogP) is 2.22. The molecule has 1 aromatic heterocycles. The Kier molecular flexibility index (Phi) is 3.76. The Bertz CT molecular complexity index is 848. The number of anilines is 1. The van der Waals surface area contributed by atoms with Crippen molar-refractivity contribution in [2.75, 3.05) is 5.32 Å². The van der Waals surface area contributed by atoms with Crippen LogP contribution in [-0.4, -0.2) is 26.5 Å². The lowest BCUT2D eigenvalue weighted by molar-refractivity contribution is -0.116.